The van der Waals surface area contributed by atoms with E-state index in [-0.39, 0.29) is 24.4 Å². The van der Waals surface area contributed by atoms with Crippen LogP contribution in [-0.4, -0.2) is 52.8 Å². The van der Waals surface area contributed by atoms with E-state index in [4.69, 9.17) is 14.4 Å². The second-order valence-corrected chi connectivity index (χ2v) is 4.53. The maximum atomic E-state index is 12.1. The van der Waals surface area contributed by atoms with Gasteiger partial charge in [0.25, 0.3) is 5.91 Å². The number of amides is 1. The molecule has 1 aromatic heterocycles. The maximum absolute atomic E-state index is 12.1. The van der Waals surface area contributed by atoms with E-state index in [0.717, 1.165) is 0 Å². The number of aliphatic carboxylic acids is 1. The normalized spacial score (nSPS) is 16.6. The van der Waals surface area contributed by atoms with Crippen LogP contribution in [0.4, 0.5) is 0 Å². The summed E-state index contributed by atoms with van der Waals surface area (Å²) in [6.45, 7) is 2.54. The maximum Gasteiger partial charge on any atom is 0.329 e. The minimum atomic E-state index is -0.976. The van der Waals surface area contributed by atoms with Gasteiger partial charge in [-0.1, -0.05) is 5.16 Å². The Morgan fingerprint density at radius 3 is 2.74 bits per heavy atom. The zero-order valence-corrected chi connectivity index (χ0v) is 10.7. The van der Waals surface area contributed by atoms with Gasteiger partial charge in [-0.25, -0.2) is 4.79 Å². The average molecular weight is 268 g/mol. The highest BCUT2D eigenvalue weighted by Gasteiger charge is 2.27. The molecular weight excluding hydrogens is 252 g/mol. The summed E-state index contributed by atoms with van der Waals surface area (Å²) >= 11 is 0. The molecule has 0 saturated carbocycles. The van der Waals surface area contributed by atoms with E-state index in [1.807, 2.05) is 0 Å². The van der Waals surface area contributed by atoms with Crippen LogP contribution in [0.25, 0.3) is 0 Å². The molecule has 19 heavy (non-hydrogen) atoms. The van der Waals surface area contributed by atoms with Crippen LogP contribution in [0.15, 0.2) is 10.7 Å². The number of aromatic nitrogens is 1. The fourth-order valence-corrected chi connectivity index (χ4v) is 2.05. The summed E-state index contributed by atoms with van der Waals surface area (Å²) in [5.41, 5.74) is 0.717. The van der Waals surface area contributed by atoms with Gasteiger partial charge in [0.05, 0.1) is 12.3 Å². The molecule has 2 rings (SSSR count). The first-order valence-electron chi connectivity index (χ1n) is 6.12. The first kappa shape index (κ1) is 13.5. The predicted molar refractivity (Wildman–Crippen MR) is 63.8 cm³/mol. The molecule has 104 valence electrons. The molecule has 7 heteroatoms. The first-order chi connectivity index (χ1) is 9.08. The van der Waals surface area contributed by atoms with Gasteiger partial charge < -0.3 is 19.3 Å². The Bertz CT molecular complexity index is 462. The molecule has 0 bridgehead atoms. The van der Waals surface area contributed by atoms with Crippen molar-refractivity contribution in [3.63, 3.8) is 0 Å². The van der Waals surface area contributed by atoms with E-state index in [2.05, 4.69) is 5.16 Å². The molecule has 0 aliphatic carbocycles. The molecule has 1 aliphatic heterocycles. The summed E-state index contributed by atoms with van der Waals surface area (Å²) in [7, 11) is 0. The topological polar surface area (TPSA) is 92.9 Å². The first-order valence-corrected chi connectivity index (χ1v) is 6.12. The van der Waals surface area contributed by atoms with Gasteiger partial charge in [0.1, 0.15) is 6.61 Å². The second kappa shape index (κ2) is 5.83. The minimum absolute atomic E-state index is 0.101. The Kier molecular flexibility index (Phi) is 4.16. The summed E-state index contributed by atoms with van der Waals surface area (Å²) in [6, 6.07) is 0. The zero-order valence-electron chi connectivity index (χ0n) is 10.7. The number of carbonyl (C=O) groups excluding carboxylic acids is 1. The molecule has 0 unspecified atom stereocenters. The quantitative estimate of drug-likeness (QED) is 0.863. The fourth-order valence-electron chi connectivity index (χ4n) is 2.05. The van der Waals surface area contributed by atoms with Crippen molar-refractivity contribution in [2.75, 3.05) is 19.7 Å². The van der Waals surface area contributed by atoms with Crippen LogP contribution < -0.4 is 0 Å². The number of ether oxygens (including phenoxy) is 1. The van der Waals surface area contributed by atoms with E-state index in [1.165, 1.54) is 6.20 Å². The Labute approximate surface area is 110 Å². The summed E-state index contributed by atoms with van der Waals surface area (Å²) < 4.78 is 10.1. The van der Waals surface area contributed by atoms with Gasteiger partial charge in [-0.2, -0.15) is 0 Å². The van der Waals surface area contributed by atoms with Gasteiger partial charge in [-0.05, 0) is 19.8 Å². The summed E-state index contributed by atoms with van der Waals surface area (Å²) in [5.74, 6) is -0.882. The van der Waals surface area contributed by atoms with Crippen molar-refractivity contribution in [1.82, 2.24) is 10.1 Å². The summed E-state index contributed by atoms with van der Waals surface area (Å²) in [4.78, 5) is 24.2. The lowest BCUT2D eigenvalue weighted by Gasteiger charge is -2.31. The molecule has 0 aromatic carbocycles. The smallest absolute Gasteiger partial charge is 0.329 e. The SMILES string of the molecule is Cc1cnoc1C(=O)N1CCC(OCC(=O)O)CC1. The number of piperidine rings is 1. The van der Waals surface area contributed by atoms with Gasteiger partial charge in [-0.3, -0.25) is 4.79 Å². The van der Waals surface area contributed by atoms with Crippen LogP contribution in [0.2, 0.25) is 0 Å². The highest BCUT2D eigenvalue weighted by Crippen LogP contribution is 2.17. The van der Waals surface area contributed by atoms with Crippen LogP contribution in [0.3, 0.4) is 0 Å². The Morgan fingerprint density at radius 1 is 1.53 bits per heavy atom. The lowest BCUT2D eigenvalue weighted by Crippen LogP contribution is -2.41. The number of likely N-dealkylation sites (tertiary alicyclic amines) is 1. The third-order valence-electron chi connectivity index (χ3n) is 3.11. The molecule has 1 aromatic rings. The Balaban J connectivity index is 1.85. The molecule has 0 radical (unpaired) electrons. The highest BCUT2D eigenvalue weighted by molar-refractivity contribution is 5.92. The Morgan fingerprint density at radius 2 is 2.21 bits per heavy atom. The fraction of sp³-hybridized carbons (Fsp3) is 0.583. The van der Waals surface area contributed by atoms with E-state index >= 15 is 0 Å². The van der Waals surface area contributed by atoms with Crippen molar-refractivity contribution >= 4 is 11.9 Å². The molecular formula is C12H16N2O5. The third kappa shape index (κ3) is 3.31. The number of carboxylic acid groups (broad SMARTS) is 1. The number of hydrogen-bond acceptors (Lipinski definition) is 5. The number of carbonyl (C=O) groups is 2. The van der Waals surface area contributed by atoms with Crippen LogP contribution in [0, 0.1) is 6.92 Å². The van der Waals surface area contributed by atoms with Crippen molar-refractivity contribution in [2.45, 2.75) is 25.9 Å². The van der Waals surface area contributed by atoms with E-state index in [0.29, 0.717) is 31.5 Å². The van der Waals surface area contributed by atoms with Crippen molar-refractivity contribution in [3.8, 4) is 0 Å². The van der Waals surface area contributed by atoms with Gasteiger partial charge >= 0.3 is 5.97 Å². The summed E-state index contributed by atoms with van der Waals surface area (Å²) in [5, 5.41) is 12.1. The monoisotopic (exact) mass is 268 g/mol. The molecule has 1 N–H and O–H groups in total. The van der Waals surface area contributed by atoms with E-state index in [9.17, 15) is 9.59 Å². The van der Waals surface area contributed by atoms with Gasteiger partial charge in [0.2, 0.25) is 5.76 Å². The molecule has 0 atom stereocenters. The Hall–Kier alpha value is -1.89. The van der Waals surface area contributed by atoms with E-state index < -0.39 is 5.97 Å². The molecule has 2 heterocycles. The molecule has 0 spiro atoms. The van der Waals surface area contributed by atoms with Crippen LogP contribution in [0.5, 0.6) is 0 Å². The van der Waals surface area contributed by atoms with Crippen LogP contribution in [0.1, 0.15) is 29.0 Å². The molecule has 1 aliphatic rings. The third-order valence-corrected chi connectivity index (χ3v) is 3.11. The standard InChI is InChI=1S/C12H16N2O5/c1-8-6-13-19-11(8)12(17)14-4-2-9(3-5-14)18-7-10(15)16/h6,9H,2-5,7H2,1H3,(H,15,16). The van der Waals surface area contributed by atoms with Crippen molar-refractivity contribution in [1.29, 1.82) is 0 Å². The van der Waals surface area contributed by atoms with Gasteiger partial charge in [0.15, 0.2) is 0 Å². The lowest BCUT2D eigenvalue weighted by molar-refractivity contribution is -0.145. The number of carboxylic acids is 1. The molecule has 1 amide bonds. The number of rotatable bonds is 4. The largest absolute Gasteiger partial charge is 0.480 e. The zero-order chi connectivity index (χ0) is 13.8. The second-order valence-electron chi connectivity index (χ2n) is 4.53. The highest BCUT2D eigenvalue weighted by atomic mass is 16.5. The molecule has 1 saturated heterocycles. The van der Waals surface area contributed by atoms with Gasteiger partial charge in [-0.15, -0.1) is 0 Å². The number of aryl methyl sites for hydroxylation is 1. The van der Waals surface area contributed by atoms with Crippen LogP contribution in [-0.2, 0) is 9.53 Å². The van der Waals surface area contributed by atoms with Gasteiger partial charge in [0, 0.05) is 18.7 Å². The van der Waals surface area contributed by atoms with Crippen LogP contribution >= 0.6 is 0 Å². The lowest BCUT2D eigenvalue weighted by atomic mass is 10.1. The average Bonchev–Trinajstić information content (AvgIpc) is 2.82. The molecule has 1 fully saturated rings. The van der Waals surface area contributed by atoms with E-state index in [1.54, 1.807) is 11.8 Å². The number of hydrogen-bond donors (Lipinski definition) is 1. The van der Waals surface area contributed by atoms with Crippen molar-refractivity contribution in [2.24, 2.45) is 0 Å². The summed E-state index contributed by atoms with van der Waals surface area (Å²) in [6.07, 6.45) is 2.67. The van der Waals surface area contributed by atoms with Crippen molar-refractivity contribution in [3.05, 3.63) is 17.5 Å². The van der Waals surface area contributed by atoms with Crippen molar-refractivity contribution < 1.29 is 24.0 Å². The molecule has 7 nitrogen and oxygen atoms in total. The predicted octanol–water partition coefficient (Wildman–Crippen LogP) is 0.689. The minimum Gasteiger partial charge on any atom is -0.480 e. The number of nitrogens with zero attached hydrogens (tertiary/aromatic N) is 2.